The summed E-state index contributed by atoms with van der Waals surface area (Å²) in [6.07, 6.45) is 4.78. The van der Waals surface area contributed by atoms with Gasteiger partial charge >= 0.3 is 5.69 Å². The Morgan fingerprint density at radius 2 is 1.67 bits per heavy atom. The first-order valence-electron chi connectivity index (χ1n) is 10.5. The Labute approximate surface area is 186 Å². The zero-order valence-corrected chi connectivity index (χ0v) is 19.0. The van der Waals surface area contributed by atoms with Gasteiger partial charge in [0.25, 0.3) is 0 Å². The zero-order chi connectivity index (χ0) is 21.5. The predicted octanol–water partition coefficient (Wildman–Crippen LogP) is 5.13. The molecule has 0 radical (unpaired) electrons. The van der Waals surface area contributed by atoms with Crippen LogP contribution in [0.25, 0.3) is 0 Å². The maximum Gasteiger partial charge on any atom is 0.311 e. The van der Waals surface area contributed by atoms with Gasteiger partial charge in [0.1, 0.15) is 0 Å². The molecule has 0 unspecified atom stereocenters. The van der Waals surface area contributed by atoms with E-state index in [0.29, 0.717) is 24.1 Å². The second-order valence-electron chi connectivity index (χ2n) is 8.18. The summed E-state index contributed by atoms with van der Waals surface area (Å²) in [6, 6.07) is 13.6. The fraction of sp³-hybridized carbons (Fsp3) is 0.478. The molecule has 0 amide bonds. The third-order valence-corrected chi connectivity index (χ3v) is 6.51. The summed E-state index contributed by atoms with van der Waals surface area (Å²) in [5.41, 5.74) is 8.02. The summed E-state index contributed by atoms with van der Waals surface area (Å²) in [4.78, 5) is 13.4. The minimum atomic E-state index is -0.379. The van der Waals surface area contributed by atoms with Crippen molar-refractivity contribution in [1.29, 1.82) is 0 Å². The van der Waals surface area contributed by atoms with E-state index in [1.54, 1.807) is 12.1 Å². The lowest BCUT2D eigenvalue weighted by Gasteiger charge is -2.32. The molecule has 0 atom stereocenters. The van der Waals surface area contributed by atoms with Gasteiger partial charge in [0.2, 0.25) is 0 Å². The number of ether oxygens (including phenoxy) is 1. The molecule has 162 valence electrons. The Hall–Kier alpha value is -1.96. The minimum absolute atomic E-state index is 0.0158. The summed E-state index contributed by atoms with van der Waals surface area (Å²) in [5, 5.41) is 11.4. The quantitative estimate of drug-likeness (QED) is 0.401. The topological polar surface area (TPSA) is 81.6 Å². The van der Waals surface area contributed by atoms with Crippen molar-refractivity contribution in [1.82, 2.24) is 4.90 Å². The lowest BCUT2D eigenvalue weighted by molar-refractivity contribution is -0.385. The molecule has 2 N–H and O–H groups in total. The van der Waals surface area contributed by atoms with Crippen LogP contribution in [-0.4, -0.2) is 30.0 Å². The molecule has 2 aromatic carbocycles. The van der Waals surface area contributed by atoms with Crippen molar-refractivity contribution in [3.05, 3.63) is 68.2 Å². The van der Waals surface area contributed by atoms with Crippen molar-refractivity contribution < 1.29 is 9.66 Å². The standard InChI is InChI=1S/C23H30BrN3O3/c1-30-23-11-8-20(12-22(23)27(28)29)16-26(15-19-6-9-21(24)10-7-19)14-18-4-2-17(13-25)3-5-18/h6-12,17-18H,2-5,13-16,25H2,1H3. The molecule has 6 nitrogen and oxygen atoms in total. The van der Waals surface area contributed by atoms with Crippen molar-refractivity contribution >= 4 is 21.6 Å². The number of methoxy groups -OCH3 is 1. The van der Waals surface area contributed by atoms with Gasteiger partial charge in [-0.1, -0.05) is 34.1 Å². The van der Waals surface area contributed by atoms with Gasteiger partial charge in [-0.15, -0.1) is 0 Å². The van der Waals surface area contributed by atoms with Crippen LogP contribution in [0.15, 0.2) is 46.9 Å². The van der Waals surface area contributed by atoms with E-state index in [2.05, 4.69) is 45.1 Å². The molecule has 1 aliphatic rings. The first-order valence-corrected chi connectivity index (χ1v) is 11.3. The van der Waals surface area contributed by atoms with Crippen LogP contribution in [0, 0.1) is 22.0 Å². The Kier molecular flexibility index (Phi) is 8.24. The largest absolute Gasteiger partial charge is 0.490 e. The van der Waals surface area contributed by atoms with Crippen molar-refractivity contribution in [2.75, 3.05) is 20.2 Å². The highest BCUT2D eigenvalue weighted by Crippen LogP contribution is 2.31. The molecule has 3 rings (SSSR count). The number of nitro benzene ring substituents is 1. The Morgan fingerprint density at radius 3 is 2.27 bits per heavy atom. The van der Waals surface area contributed by atoms with Gasteiger partial charge in [-0.05, 0) is 73.4 Å². The highest BCUT2D eigenvalue weighted by atomic mass is 79.9. The van der Waals surface area contributed by atoms with Gasteiger partial charge < -0.3 is 10.5 Å². The Morgan fingerprint density at radius 1 is 1.07 bits per heavy atom. The third-order valence-electron chi connectivity index (χ3n) is 5.98. The smallest absolute Gasteiger partial charge is 0.311 e. The summed E-state index contributed by atoms with van der Waals surface area (Å²) >= 11 is 3.49. The van der Waals surface area contributed by atoms with Crippen LogP contribution in [0.4, 0.5) is 5.69 Å². The third kappa shape index (κ3) is 6.27. The molecular formula is C23H30BrN3O3. The Bertz CT molecular complexity index is 836. The molecular weight excluding hydrogens is 446 g/mol. The fourth-order valence-electron chi connectivity index (χ4n) is 4.28. The van der Waals surface area contributed by atoms with Crippen LogP contribution in [0.2, 0.25) is 0 Å². The summed E-state index contributed by atoms with van der Waals surface area (Å²) in [5.74, 6) is 1.59. The van der Waals surface area contributed by atoms with Crippen LogP contribution >= 0.6 is 15.9 Å². The van der Waals surface area contributed by atoms with Crippen LogP contribution in [0.1, 0.15) is 36.8 Å². The maximum absolute atomic E-state index is 11.4. The highest BCUT2D eigenvalue weighted by molar-refractivity contribution is 9.10. The van der Waals surface area contributed by atoms with Crippen molar-refractivity contribution in [2.45, 2.75) is 38.8 Å². The zero-order valence-electron chi connectivity index (χ0n) is 17.4. The summed E-state index contributed by atoms with van der Waals surface area (Å²) in [7, 11) is 1.46. The number of nitro groups is 1. The first-order chi connectivity index (χ1) is 14.5. The van der Waals surface area contributed by atoms with E-state index in [0.717, 1.165) is 29.7 Å². The number of rotatable bonds is 9. The van der Waals surface area contributed by atoms with E-state index < -0.39 is 0 Å². The molecule has 7 heteroatoms. The molecule has 0 bridgehead atoms. The SMILES string of the molecule is COc1ccc(CN(Cc2ccc(Br)cc2)CC2CCC(CN)CC2)cc1[N+](=O)[O-]. The van der Waals surface area contributed by atoms with Crippen LogP contribution in [0.3, 0.4) is 0 Å². The predicted molar refractivity (Wildman–Crippen MR) is 122 cm³/mol. The average Bonchev–Trinajstić information content (AvgIpc) is 2.75. The van der Waals surface area contributed by atoms with E-state index in [9.17, 15) is 10.1 Å². The molecule has 1 aliphatic carbocycles. The second kappa shape index (κ2) is 10.9. The number of halogens is 1. The average molecular weight is 476 g/mol. The molecule has 0 aromatic heterocycles. The molecule has 2 aromatic rings. The van der Waals surface area contributed by atoms with E-state index >= 15 is 0 Å². The Balaban J connectivity index is 1.75. The number of hydrogen-bond acceptors (Lipinski definition) is 5. The minimum Gasteiger partial charge on any atom is -0.490 e. The van der Waals surface area contributed by atoms with Gasteiger partial charge in [-0.2, -0.15) is 0 Å². The van der Waals surface area contributed by atoms with Gasteiger partial charge in [-0.3, -0.25) is 15.0 Å². The van der Waals surface area contributed by atoms with Gasteiger partial charge in [0.15, 0.2) is 5.75 Å². The van der Waals surface area contributed by atoms with E-state index in [-0.39, 0.29) is 10.6 Å². The molecule has 0 heterocycles. The maximum atomic E-state index is 11.4. The number of benzene rings is 2. The van der Waals surface area contributed by atoms with E-state index in [4.69, 9.17) is 10.5 Å². The lowest BCUT2D eigenvalue weighted by Crippen LogP contribution is -2.32. The monoisotopic (exact) mass is 475 g/mol. The van der Waals surface area contributed by atoms with Gasteiger partial charge in [-0.25, -0.2) is 0 Å². The molecule has 0 spiro atoms. The number of nitrogens with two attached hydrogens (primary N) is 1. The molecule has 1 saturated carbocycles. The normalized spacial score (nSPS) is 19.1. The first kappa shape index (κ1) is 22.7. The van der Waals surface area contributed by atoms with Crippen molar-refractivity contribution in [3.8, 4) is 5.75 Å². The van der Waals surface area contributed by atoms with Crippen molar-refractivity contribution in [2.24, 2.45) is 17.6 Å². The molecule has 1 fully saturated rings. The second-order valence-corrected chi connectivity index (χ2v) is 9.10. The number of hydrogen-bond donors (Lipinski definition) is 1. The van der Waals surface area contributed by atoms with Gasteiger partial charge in [0, 0.05) is 30.2 Å². The highest BCUT2D eigenvalue weighted by Gasteiger charge is 2.23. The number of nitrogens with zero attached hydrogens (tertiary/aromatic N) is 2. The summed E-state index contributed by atoms with van der Waals surface area (Å²) in [6.45, 7) is 3.24. The van der Waals surface area contributed by atoms with Crippen LogP contribution in [0.5, 0.6) is 5.75 Å². The van der Waals surface area contributed by atoms with E-state index in [1.807, 2.05) is 6.07 Å². The molecule has 30 heavy (non-hydrogen) atoms. The van der Waals surface area contributed by atoms with Crippen molar-refractivity contribution in [3.63, 3.8) is 0 Å². The summed E-state index contributed by atoms with van der Waals surface area (Å²) < 4.78 is 6.20. The van der Waals surface area contributed by atoms with E-state index in [1.165, 1.54) is 38.4 Å². The van der Waals surface area contributed by atoms with Crippen LogP contribution in [-0.2, 0) is 13.1 Å². The van der Waals surface area contributed by atoms with Gasteiger partial charge in [0.05, 0.1) is 12.0 Å². The fourth-order valence-corrected chi connectivity index (χ4v) is 4.55. The van der Waals surface area contributed by atoms with Crippen LogP contribution < -0.4 is 10.5 Å². The molecule has 0 saturated heterocycles. The molecule has 0 aliphatic heterocycles. The lowest BCUT2D eigenvalue weighted by atomic mass is 9.82.